The second-order valence-electron chi connectivity index (χ2n) is 5.29. The van der Waals surface area contributed by atoms with Gasteiger partial charge in [0.2, 0.25) is 0 Å². The highest BCUT2D eigenvalue weighted by Crippen LogP contribution is 2.30. The Morgan fingerprint density at radius 1 is 1.45 bits per heavy atom. The SMILES string of the molecule is CCCC1CCN(c2ccc([N+](=O)[O-])cc2C#N)CC1. The van der Waals surface area contributed by atoms with Gasteiger partial charge >= 0.3 is 0 Å². The summed E-state index contributed by atoms with van der Waals surface area (Å²) in [6.45, 7) is 4.06. The Morgan fingerprint density at radius 3 is 2.70 bits per heavy atom. The van der Waals surface area contributed by atoms with Crippen LogP contribution in [0, 0.1) is 27.4 Å². The van der Waals surface area contributed by atoms with Crippen molar-refractivity contribution in [3.05, 3.63) is 33.9 Å². The summed E-state index contributed by atoms with van der Waals surface area (Å²) in [5.41, 5.74) is 1.20. The molecule has 0 aliphatic carbocycles. The molecule has 5 heteroatoms. The number of nitro groups is 1. The van der Waals surface area contributed by atoms with Gasteiger partial charge in [-0.3, -0.25) is 10.1 Å². The molecule has 1 aliphatic rings. The maximum Gasteiger partial charge on any atom is 0.270 e. The van der Waals surface area contributed by atoms with E-state index < -0.39 is 4.92 Å². The molecule has 0 atom stereocenters. The average Bonchev–Trinajstić information content (AvgIpc) is 2.47. The third-order valence-electron chi connectivity index (χ3n) is 3.96. The van der Waals surface area contributed by atoms with Crippen LogP contribution >= 0.6 is 0 Å². The molecule has 2 rings (SSSR count). The summed E-state index contributed by atoms with van der Waals surface area (Å²) < 4.78 is 0. The molecule has 0 bridgehead atoms. The predicted molar refractivity (Wildman–Crippen MR) is 77.7 cm³/mol. The zero-order valence-corrected chi connectivity index (χ0v) is 11.7. The zero-order valence-electron chi connectivity index (χ0n) is 11.7. The maximum absolute atomic E-state index is 10.8. The molecule has 1 fully saturated rings. The first kappa shape index (κ1) is 14.3. The zero-order chi connectivity index (χ0) is 14.5. The van der Waals surface area contributed by atoms with Gasteiger partial charge in [0.05, 0.1) is 16.2 Å². The minimum absolute atomic E-state index is 0.0221. The van der Waals surface area contributed by atoms with Gasteiger partial charge in [-0.15, -0.1) is 0 Å². The predicted octanol–water partition coefficient (Wildman–Crippen LogP) is 3.48. The van der Waals surface area contributed by atoms with Crippen LogP contribution in [0.5, 0.6) is 0 Å². The molecule has 1 heterocycles. The van der Waals surface area contributed by atoms with Gasteiger partial charge in [-0.1, -0.05) is 19.8 Å². The third-order valence-corrected chi connectivity index (χ3v) is 3.96. The Labute approximate surface area is 119 Å². The van der Waals surface area contributed by atoms with Crippen molar-refractivity contribution < 1.29 is 4.92 Å². The Kier molecular flexibility index (Phi) is 4.57. The number of piperidine rings is 1. The number of anilines is 1. The van der Waals surface area contributed by atoms with E-state index in [1.54, 1.807) is 6.07 Å². The van der Waals surface area contributed by atoms with Crippen LogP contribution in [0.3, 0.4) is 0 Å². The van der Waals surface area contributed by atoms with E-state index in [4.69, 9.17) is 0 Å². The molecule has 0 unspecified atom stereocenters. The largest absolute Gasteiger partial charge is 0.370 e. The maximum atomic E-state index is 10.8. The molecule has 0 spiro atoms. The number of nitro benzene ring substituents is 1. The Hall–Kier alpha value is -2.09. The van der Waals surface area contributed by atoms with Crippen molar-refractivity contribution >= 4 is 11.4 Å². The molecule has 20 heavy (non-hydrogen) atoms. The van der Waals surface area contributed by atoms with Gasteiger partial charge in [0.15, 0.2) is 0 Å². The van der Waals surface area contributed by atoms with Crippen LogP contribution in [0.25, 0.3) is 0 Å². The Bertz CT molecular complexity index is 528. The lowest BCUT2D eigenvalue weighted by Crippen LogP contribution is -2.34. The van der Waals surface area contributed by atoms with Crippen molar-refractivity contribution in [3.8, 4) is 6.07 Å². The van der Waals surface area contributed by atoms with Gasteiger partial charge < -0.3 is 4.90 Å². The summed E-state index contributed by atoms with van der Waals surface area (Å²) in [6, 6.07) is 6.63. The quantitative estimate of drug-likeness (QED) is 0.622. The summed E-state index contributed by atoms with van der Waals surface area (Å²) in [4.78, 5) is 12.5. The van der Waals surface area contributed by atoms with Crippen LogP contribution in [0.2, 0.25) is 0 Å². The van der Waals surface area contributed by atoms with Crippen LogP contribution in [-0.2, 0) is 0 Å². The van der Waals surface area contributed by atoms with Gasteiger partial charge in [0.1, 0.15) is 6.07 Å². The Morgan fingerprint density at radius 2 is 2.15 bits per heavy atom. The van der Waals surface area contributed by atoms with Gasteiger partial charge in [-0.25, -0.2) is 0 Å². The standard InChI is InChI=1S/C15H19N3O2/c1-2-3-12-6-8-17(9-7-12)15-5-4-14(18(19)20)10-13(15)11-16/h4-5,10,12H,2-3,6-9H2,1H3. The summed E-state index contributed by atoms with van der Waals surface area (Å²) >= 11 is 0. The molecule has 0 saturated carbocycles. The fourth-order valence-corrected chi connectivity index (χ4v) is 2.87. The minimum atomic E-state index is -0.460. The molecule has 0 N–H and O–H groups in total. The van der Waals surface area contributed by atoms with E-state index in [-0.39, 0.29) is 5.69 Å². The number of rotatable bonds is 4. The fourth-order valence-electron chi connectivity index (χ4n) is 2.87. The number of hydrogen-bond donors (Lipinski definition) is 0. The van der Waals surface area contributed by atoms with E-state index in [9.17, 15) is 15.4 Å². The van der Waals surface area contributed by atoms with E-state index in [1.807, 2.05) is 0 Å². The van der Waals surface area contributed by atoms with Crippen molar-refractivity contribution in [2.24, 2.45) is 5.92 Å². The second kappa shape index (κ2) is 6.38. The number of hydrogen-bond acceptors (Lipinski definition) is 4. The van der Waals surface area contributed by atoms with Gasteiger partial charge in [0.25, 0.3) is 5.69 Å². The van der Waals surface area contributed by atoms with Crippen LogP contribution in [0.15, 0.2) is 18.2 Å². The lowest BCUT2D eigenvalue weighted by Gasteiger charge is -2.34. The van der Waals surface area contributed by atoms with Crippen LogP contribution in [0.4, 0.5) is 11.4 Å². The highest BCUT2D eigenvalue weighted by Gasteiger charge is 2.21. The first-order valence-corrected chi connectivity index (χ1v) is 7.09. The van der Waals surface area contributed by atoms with E-state index in [0.717, 1.165) is 37.5 Å². The molecular weight excluding hydrogens is 254 g/mol. The summed E-state index contributed by atoms with van der Waals surface area (Å²) in [5, 5.41) is 19.9. The van der Waals surface area contributed by atoms with E-state index in [1.165, 1.54) is 25.0 Å². The molecule has 0 radical (unpaired) electrons. The Balaban J connectivity index is 2.14. The average molecular weight is 273 g/mol. The molecule has 106 valence electrons. The van der Waals surface area contributed by atoms with Crippen molar-refractivity contribution in [3.63, 3.8) is 0 Å². The first-order chi connectivity index (χ1) is 9.65. The van der Waals surface area contributed by atoms with Crippen molar-refractivity contribution in [1.82, 2.24) is 0 Å². The molecule has 1 aromatic rings. The van der Waals surface area contributed by atoms with Crippen molar-refractivity contribution in [1.29, 1.82) is 5.26 Å². The minimum Gasteiger partial charge on any atom is -0.370 e. The van der Waals surface area contributed by atoms with Crippen molar-refractivity contribution in [2.75, 3.05) is 18.0 Å². The lowest BCUT2D eigenvalue weighted by atomic mass is 9.92. The van der Waals surface area contributed by atoms with Crippen LogP contribution < -0.4 is 4.90 Å². The molecular formula is C15H19N3O2. The monoisotopic (exact) mass is 273 g/mol. The number of non-ortho nitro benzene ring substituents is 1. The van der Waals surface area contributed by atoms with Gasteiger partial charge in [0, 0.05) is 25.2 Å². The first-order valence-electron chi connectivity index (χ1n) is 7.09. The number of benzene rings is 1. The van der Waals surface area contributed by atoms with Crippen molar-refractivity contribution in [2.45, 2.75) is 32.6 Å². The number of nitriles is 1. The summed E-state index contributed by atoms with van der Waals surface area (Å²) in [7, 11) is 0. The van der Waals surface area contributed by atoms with E-state index >= 15 is 0 Å². The summed E-state index contributed by atoms with van der Waals surface area (Å²) in [6.07, 6.45) is 4.75. The molecule has 1 aromatic carbocycles. The number of nitrogens with zero attached hydrogens (tertiary/aromatic N) is 3. The van der Waals surface area contributed by atoms with E-state index in [2.05, 4.69) is 17.9 Å². The highest BCUT2D eigenvalue weighted by molar-refractivity contribution is 5.63. The van der Waals surface area contributed by atoms with Crippen LogP contribution in [0.1, 0.15) is 38.2 Å². The smallest absolute Gasteiger partial charge is 0.270 e. The highest BCUT2D eigenvalue weighted by atomic mass is 16.6. The molecule has 0 aromatic heterocycles. The van der Waals surface area contributed by atoms with E-state index in [0.29, 0.717) is 5.56 Å². The fraction of sp³-hybridized carbons (Fsp3) is 0.533. The lowest BCUT2D eigenvalue weighted by molar-refractivity contribution is -0.384. The summed E-state index contributed by atoms with van der Waals surface area (Å²) in [5.74, 6) is 0.778. The van der Waals surface area contributed by atoms with Crippen LogP contribution in [-0.4, -0.2) is 18.0 Å². The topological polar surface area (TPSA) is 70.2 Å². The normalized spacial score (nSPS) is 15.9. The third kappa shape index (κ3) is 3.08. The van der Waals surface area contributed by atoms with Gasteiger partial charge in [-0.2, -0.15) is 5.26 Å². The molecule has 1 saturated heterocycles. The second-order valence-corrected chi connectivity index (χ2v) is 5.29. The molecule has 5 nitrogen and oxygen atoms in total. The van der Waals surface area contributed by atoms with Gasteiger partial charge in [-0.05, 0) is 24.8 Å². The molecule has 0 amide bonds. The molecule has 1 aliphatic heterocycles.